The highest BCUT2D eigenvalue weighted by molar-refractivity contribution is 5.10. The minimum absolute atomic E-state index is 0.148. The molecule has 0 bridgehead atoms. The van der Waals surface area contributed by atoms with Crippen molar-refractivity contribution in [3.8, 4) is 0 Å². The van der Waals surface area contributed by atoms with Crippen LogP contribution in [0.15, 0.2) is 0 Å². The van der Waals surface area contributed by atoms with Crippen molar-refractivity contribution in [1.29, 1.82) is 0 Å². The summed E-state index contributed by atoms with van der Waals surface area (Å²) in [6.45, 7) is 15.6. The summed E-state index contributed by atoms with van der Waals surface area (Å²) in [7, 11) is 0. The first-order chi connectivity index (χ1) is 17.7. The SMILES string of the molecule is CC[C@H](CC[C@@H](C)[C@H]1CC[C@H]2[C@@H]3CC[C@H]4C[C@]5(CC[C@]4(C)[C@H]3CC[C@]12C)OO[C@](C)(C(F)(F)F)O5)C(C)C. The van der Waals surface area contributed by atoms with Gasteiger partial charge in [0.15, 0.2) is 0 Å². The topological polar surface area (TPSA) is 27.7 Å². The largest absolute Gasteiger partial charge is 0.446 e. The molecule has 5 rings (SSSR count). The van der Waals surface area contributed by atoms with Crippen molar-refractivity contribution >= 4 is 0 Å². The highest BCUT2D eigenvalue weighted by Crippen LogP contribution is 2.69. The fourth-order valence-electron chi connectivity index (χ4n) is 10.7. The van der Waals surface area contributed by atoms with E-state index in [0.29, 0.717) is 30.1 Å². The van der Waals surface area contributed by atoms with Crippen LogP contribution in [-0.2, 0) is 14.5 Å². The van der Waals surface area contributed by atoms with Gasteiger partial charge in [-0.15, -0.1) is 0 Å². The predicted molar refractivity (Wildman–Crippen MR) is 143 cm³/mol. The van der Waals surface area contributed by atoms with E-state index in [0.717, 1.165) is 55.3 Å². The van der Waals surface area contributed by atoms with Crippen LogP contribution >= 0.6 is 0 Å². The van der Waals surface area contributed by atoms with Gasteiger partial charge in [0.25, 0.3) is 5.79 Å². The first-order valence-electron chi connectivity index (χ1n) is 15.8. The van der Waals surface area contributed by atoms with Crippen LogP contribution in [0.2, 0.25) is 0 Å². The van der Waals surface area contributed by atoms with Crippen LogP contribution in [0.25, 0.3) is 0 Å². The van der Waals surface area contributed by atoms with E-state index >= 15 is 0 Å². The number of hydrogen-bond acceptors (Lipinski definition) is 3. The number of hydrogen-bond donors (Lipinski definition) is 0. The summed E-state index contributed by atoms with van der Waals surface area (Å²) in [6.07, 6.45) is 8.81. The lowest BCUT2D eigenvalue weighted by Crippen LogP contribution is -2.57. The second-order valence-corrected chi connectivity index (χ2v) is 15.2. The second-order valence-electron chi connectivity index (χ2n) is 15.2. The van der Waals surface area contributed by atoms with Gasteiger partial charge in [-0.05, 0) is 110 Å². The molecule has 0 radical (unpaired) electrons. The first-order valence-corrected chi connectivity index (χ1v) is 15.8. The molecule has 1 saturated heterocycles. The molecule has 0 aromatic carbocycles. The quantitative estimate of drug-likeness (QED) is 0.313. The Morgan fingerprint density at radius 1 is 0.816 bits per heavy atom. The van der Waals surface area contributed by atoms with E-state index in [1.807, 2.05) is 0 Å². The summed E-state index contributed by atoms with van der Waals surface area (Å²) in [6, 6.07) is 0. The Morgan fingerprint density at radius 3 is 2.16 bits per heavy atom. The molecule has 1 aliphatic heterocycles. The van der Waals surface area contributed by atoms with Crippen molar-refractivity contribution in [1.82, 2.24) is 0 Å². The van der Waals surface area contributed by atoms with Crippen molar-refractivity contribution in [2.75, 3.05) is 0 Å². The van der Waals surface area contributed by atoms with Crippen molar-refractivity contribution < 1.29 is 27.7 Å². The Kier molecular flexibility index (Phi) is 7.60. The van der Waals surface area contributed by atoms with Gasteiger partial charge in [-0.25, -0.2) is 0 Å². The second kappa shape index (κ2) is 9.89. The standard InChI is InChI=1S/C32H53F3O3/c1-8-22(20(2)3)10-9-21(4)25-13-14-26-24-12-11-23-19-31(36-30(7,37-38-31)32(33,34)35)18-17-28(23,5)27(24)15-16-29(25,26)6/h20-27H,8-19H2,1-7H3/t21-,22-,23+,24+,25-,26+,27+,28+,29-,30-,31+/m1/s1. The van der Waals surface area contributed by atoms with Gasteiger partial charge in [-0.1, -0.05) is 54.4 Å². The molecule has 0 aromatic heterocycles. The van der Waals surface area contributed by atoms with E-state index in [-0.39, 0.29) is 5.41 Å². The number of ether oxygens (including phenoxy) is 1. The average Bonchev–Trinajstić information content (AvgIpc) is 3.37. The molecule has 1 spiro atoms. The summed E-state index contributed by atoms with van der Waals surface area (Å²) < 4.78 is 46.3. The highest BCUT2D eigenvalue weighted by atomic mass is 19.4. The normalized spacial score (nSPS) is 48.6. The van der Waals surface area contributed by atoms with E-state index in [1.165, 1.54) is 51.4 Å². The van der Waals surface area contributed by atoms with Crippen molar-refractivity contribution in [3.63, 3.8) is 0 Å². The molecule has 1 heterocycles. The van der Waals surface area contributed by atoms with Crippen LogP contribution in [0.3, 0.4) is 0 Å². The Labute approximate surface area is 229 Å². The molecule has 0 unspecified atom stereocenters. The minimum atomic E-state index is -4.62. The molecule has 0 amide bonds. The molecule has 4 aliphatic carbocycles. The Hall–Kier alpha value is -0.330. The maximum atomic E-state index is 13.6. The van der Waals surface area contributed by atoms with Crippen molar-refractivity contribution in [2.24, 2.45) is 58.2 Å². The lowest BCUT2D eigenvalue weighted by atomic mass is 9.44. The molecule has 220 valence electrons. The fourth-order valence-corrected chi connectivity index (χ4v) is 10.7. The maximum Gasteiger partial charge on any atom is 0.446 e. The van der Waals surface area contributed by atoms with Crippen LogP contribution in [-0.4, -0.2) is 17.8 Å². The van der Waals surface area contributed by atoms with Gasteiger partial charge in [-0.2, -0.15) is 22.9 Å². The van der Waals surface area contributed by atoms with E-state index in [2.05, 4.69) is 41.5 Å². The molecule has 5 fully saturated rings. The third kappa shape index (κ3) is 4.59. The van der Waals surface area contributed by atoms with Gasteiger partial charge >= 0.3 is 6.18 Å². The van der Waals surface area contributed by atoms with Gasteiger partial charge in [0, 0.05) is 19.8 Å². The molecule has 11 atom stereocenters. The number of rotatable bonds is 6. The average molecular weight is 543 g/mol. The summed E-state index contributed by atoms with van der Waals surface area (Å²) >= 11 is 0. The third-order valence-corrected chi connectivity index (χ3v) is 13.1. The third-order valence-electron chi connectivity index (χ3n) is 13.1. The summed E-state index contributed by atoms with van der Waals surface area (Å²) in [4.78, 5) is 10.2. The van der Waals surface area contributed by atoms with Crippen LogP contribution in [0, 0.1) is 58.2 Å². The summed E-state index contributed by atoms with van der Waals surface area (Å²) in [5.74, 6) is 1.83. The monoisotopic (exact) mass is 542 g/mol. The van der Waals surface area contributed by atoms with Crippen LogP contribution in [0.5, 0.6) is 0 Å². The minimum Gasteiger partial charge on any atom is -0.305 e. The highest BCUT2D eigenvalue weighted by Gasteiger charge is 2.68. The van der Waals surface area contributed by atoms with E-state index in [9.17, 15) is 13.2 Å². The van der Waals surface area contributed by atoms with Crippen LogP contribution in [0.4, 0.5) is 13.2 Å². The van der Waals surface area contributed by atoms with E-state index in [1.54, 1.807) is 0 Å². The fraction of sp³-hybridized carbons (Fsp3) is 1.00. The van der Waals surface area contributed by atoms with Gasteiger partial charge in [-0.3, -0.25) is 0 Å². The van der Waals surface area contributed by atoms with Gasteiger partial charge < -0.3 is 4.74 Å². The molecule has 5 aliphatic rings. The zero-order valence-corrected chi connectivity index (χ0v) is 25.0. The van der Waals surface area contributed by atoms with Gasteiger partial charge in [0.1, 0.15) is 0 Å². The Morgan fingerprint density at radius 2 is 1.53 bits per heavy atom. The zero-order valence-electron chi connectivity index (χ0n) is 25.0. The lowest BCUT2D eigenvalue weighted by Gasteiger charge is -2.62. The number of halogens is 3. The molecule has 4 saturated carbocycles. The first kappa shape index (κ1) is 29.2. The summed E-state index contributed by atoms with van der Waals surface area (Å²) in [5.41, 5.74) is 0.591. The van der Waals surface area contributed by atoms with E-state index in [4.69, 9.17) is 14.5 Å². The Bertz CT molecular complexity index is 861. The molecular weight excluding hydrogens is 489 g/mol. The number of fused-ring (bicyclic) bond motifs is 5. The molecule has 0 aromatic rings. The Balaban J connectivity index is 1.26. The van der Waals surface area contributed by atoms with Crippen LogP contribution in [0.1, 0.15) is 126 Å². The van der Waals surface area contributed by atoms with E-state index < -0.39 is 17.8 Å². The summed E-state index contributed by atoms with van der Waals surface area (Å²) in [5, 5.41) is 0. The number of alkyl halides is 3. The van der Waals surface area contributed by atoms with Gasteiger partial charge in [0.2, 0.25) is 5.79 Å². The van der Waals surface area contributed by atoms with Crippen LogP contribution < -0.4 is 0 Å². The molecular formula is C32H53F3O3. The molecule has 3 nitrogen and oxygen atoms in total. The van der Waals surface area contributed by atoms with Gasteiger partial charge in [0.05, 0.1) is 0 Å². The molecule has 0 N–H and O–H groups in total. The zero-order chi connectivity index (χ0) is 27.7. The molecule has 6 heteroatoms. The molecule has 38 heavy (non-hydrogen) atoms. The smallest absolute Gasteiger partial charge is 0.305 e. The lowest BCUT2D eigenvalue weighted by molar-refractivity contribution is -0.408. The maximum absolute atomic E-state index is 13.6. The predicted octanol–water partition coefficient (Wildman–Crippen LogP) is 9.70. The van der Waals surface area contributed by atoms with Crippen molar-refractivity contribution in [3.05, 3.63) is 0 Å². The van der Waals surface area contributed by atoms with Crippen molar-refractivity contribution in [2.45, 2.75) is 143 Å².